The second kappa shape index (κ2) is 5.26. The molecule has 2 heterocycles. The highest BCUT2D eigenvalue weighted by molar-refractivity contribution is 5.59. The van der Waals surface area contributed by atoms with E-state index in [4.69, 9.17) is 9.47 Å². The average Bonchev–Trinajstić information content (AvgIpc) is 3.41. The molecule has 5 aliphatic rings. The van der Waals surface area contributed by atoms with Crippen LogP contribution >= 0.6 is 0 Å². The van der Waals surface area contributed by atoms with Crippen LogP contribution in [0.2, 0.25) is 0 Å². The number of hydrogen-bond donors (Lipinski definition) is 1. The van der Waals surface area contributed by atoms with Gasteiger partial charge in [-0.05, 0) is 62.1 Å². The predicted molar refractivity (Wildman–Crippen MR) is 98.1 cm³/mol. The molecule has 1 aromatic rings. The Morgan fingerprint density at radius 2 is 2.23 bits per heavy atom. The summed E-state index contributed by atoms with van der Waals surface area (Å²) in [7, 11) is 1.77. The van der Waals surface area contributed by atoms with Gasteiger partial charge in [0.25, 0.3) is 0 Å². The largest absolute Gasteiger partial charge is 0.497 e. The molecular formula is C22H27NO3. The first-order valence-electron chi connectivity index (χ1n) is 10.2. The molecule has 4 nitrogen and oxygen atoms in total. The molecule has 4 heteroatoms. The Labute approximate surface area is 154 Å². The maximum Gasteiger partial charge on any atom is 0.165 e. The van der Waals surface area contributed by atoms with Crippen LogP contribution in [0.5, 0.6) is 5.75 Å². The van der Waals surface area contributed by atoms with Gasteiger partial charge < -0.3 is 14.6 Å². The molecule has 0 radical (unpaired) electrons. The van der Waals surface area contributed by atoms with Gasteiger partial charge in [-0.2, -0.15) is 0 Å². The maximum atomic E-state index is 9.87. The van der Waals surface area contributed by atoms with Crippen LogP contribution in [-0.2, 0) is 23.2 Å². The lowest BCUT2D eigenvalue weighted by Crippen LogP contribution is -2.64. The molecule has 1 spiro atoms. The number of piperidine rings is 1. The molecule has 0 amide bonds. The lowest BCUT2D eigenvalue weighted by Gasteiger charge is -2.57. The van der Waals surface area contributed by atoms with E-state index in [0.717, 1.165) is 48.8 Å². The first-order valence-corrected chi connectivity index (χ1v) is 10.2. The molecule has 26 heavy (non-hydrogen) atoms. The van der Waals surface area contributed by atoms with Gasteiger partial charge in [-0.1, -0.05) is 12.1 Å². The Bertz CT molecular complexity index is 799. The fourth-order valence-electron chi connectivity index (χ4n) is 6.45. The normalized spacial score (nSPS) is 37.0. The number of likely N-dealkylation sites (tertiary alicyclic amines) is 1. The van der Waals surface area contributed by atoms with Crippen LogP contribution in [0.25, 0.3) is 0 Å². The Morgan fingerprint density at radius 1 is 1.35 bits per heavy atom. The number of rotatable bonds is 4. The fourth-order valence-corrected chi connectivity index (χ4v) is 6.45. The molecule has 6 rings (SSSR count). The van der Waals surface area contributed by atoms with Gasteiger partial charge in [-0.3, -0.25) is 4.90 Å². The van der Waals surface area contributed by atoms with Crippen molar-refractivity contribution in [1.82, 2.24) is 4.90 Å². The molecule has 2 fully saturated rings. The summed E-state index contributed by atoms with van der Waals surface area (Å²) in [4.78, 5) is 2.79. The van der Waals surface area contributed by atoms with E-state index < -0.39 is 0 Å². The van der Waals surface area contributed by atoms with Crippen molar-refractivity contribution in [3.63, 3.8) is 0 Å². The predicted octanol–water partition coefficient (Wildman–Crippen LogP) is 2.77. The lowest BCUT2D eigenvalue weighted by molar-refractivity contribution is -0.0376. The van der Waals surface area contributed by atoms with Gasteiger partial charge in [0.15, 0.2) is 6.10 Å². The van der Waals surface area contributed by atoms with Crippen molar-refractivity contribution in [3.8, 4) is 5.75 Å². The third-order valence-corrected chi connectivity index (χ3v) is 7.76. The minimum absolute atomic E-state index is 0.0152. The molecule has 2 bridgehead atoms. The molecule has 4 atom stereocenters. The van der Waals surface area contributed by atoms with Crippen LogP contribution in [0.4, 0.5) is 0 Å². The monoisotopic (exact) mass is 353 g/mol. The molecule has 1 saturated carbocycles. The van der Waals surface area contributed by atoms with E-state index in [-0.39, 0.29) is 18.1 Å². The van der Waals surface area contributed by atoms with Gasteiger partial charge in [-0.15, -0.1) is 0 Å². The van der Waals surface area contributed by atoms with Gasteiger partial charge >= 0.3 is 0 Å². The minimum Gasteiger partial charge on any atom is -0.497 e. The highest BCUT2D eigenvalue weighted by Crippen LogP contribution is 2.63. The van der Waals surface area contributed by atoms with Crippen molar-refractivity contribution in [2.75, 3.05) is 20.2 Å². The summed E-state index contributed by atoms with van der Waals surface area (Å²) in [6.07, 6.45) is 8.44. The smallest absolute Gasteiger partial charge is 0.165 e. The van der Waals surface area contributed by atoms with Crippen molar-refractivity contribution < 1.29 is 14.6 Å². The first-order chi connectivity index (χ1) is 12.8. The van der Waals surface area contributed by atoms with E-state index >= 15 is 0 Å². The maximum absolute atomic E-state index is 9.87. The summed E-state index contributed by atoms with van der Waals surface area (Å²) in [5.74, 6) is 3.48. The number of aliphatic hydroxyl groups is 1. The molecule has 1 N–H and O–H groups in total. The number of allylic oxidation sites excluding steroid dienone is 1. The van der Waals surface area contributed by atoms with Gasteiger partial charge in [0, 0.05) is 29.1 Å². The fraction of sp³-hybridized carbons (Fsp3) is 0.636. The number of hydrogen-bond acceptors (Lipinski definition) is 4. The average molecular weight is 353 g/mol. The number of benzene rings is 1. The zero-order chi connectivity index (χ0) is 17.5. The zero-order valence-corrected chi connectivity index (χ0v) is 15.4. The number of ether oxygens (including phenoxy) is 2. The highest BCUT2D eigenvalue weighted by atomic mass is 16.5. The van der Waals surface area contributed by atoms with Gasteiger partial charge in [0.1, 0.15) is 11.5 Å². The first kappa shape index (κ1) is 15.5. The zero-order valence-electron chi connectivity index (χ0n) is 15.4. The van der Waals surface area contributed by atoms with E-state index in [1.54, 1.807) is 7.11 Å². The summed E-state index contributed by atoms with van der Waals surface area (Å²) >= 11 is 0. The topological polar surface area (TPSA) is 41.9 Å². The number of aliphatic hydroxyl groups excluding tert-OH is 1. The van der Waals surface area contributed by atoms with E-state index in [1.165, 1.54) is 30.5 Å². The van der Waals surface area contributed by atoms with Crippen LogP contribution in [-0.4, -0.2) is 42.4 Å². The molecule has 2 aliphatic heterocycles. The summed E-state index contributed by atoms with van der Waals surface area (Å²) in [6.45, 7) is 2.48. The third-order valence-electron chi connectivity index (χ3n) is 7.76. The standard InChI is InChI=1S/C22H27NO3/c1-25-18-7-6-16-17-10-14-4-5-15(12-24)20-19(14)22(16,21(18)26-20)8-9-23(17)11-13-2-3-13/h4-5,7,13,16-17,21,24H,2-3,6,8-12H2,1H3/t16?,17?,21?,22-/m0/s1. The summed E-state index contributed by atoms with van der Waals surface area (Å²) in [6, 6.07) is 4.94. The molecule has 1 aromatic carbocycles. The van der Waals surface area contributed by atoms with E-state index in [0.29, 0.717) is 12.0 Å². The molecule has 3 unspecified atom stereocenters. The molecule has 0 aromatic heterocycles. The van der Waals surface area contributed by atoms with Crippen LogP contribution < -0.4 is 4.74 Å². The summed E-state index contributed by atoms with van der Waals surface area (Å²) in [5, 5.41) is 9.87. The van der Waals surface area contributed by atoms with Crippen LogP contribution in [0.15, 0.2) is 24.0 Å². The molecule has 1 saturated heterocycles. The van der Waals surface area contributed by atoms with Crippen molar-refractivity contribution in [1.29, 1.82) is 0 Å². The summed E-state index contributed by atoms with van der Waals surface area (Å²) < 4.78 is 12.3. The van der Waals surface area contributed by atoms with E-state index in [1.807, 2.05) is 0 Å². The van der Waals surface area contributed by atoms with Crippen molar-refractivity contribution >= 4 is 0 Å². The van der Waals surface area contributed by atoms with Crippen LogP contribution in [0.3, 0.4) is 0 Å². The highest BCUT2D eigenvalue weighted by Gasteiger charge is 2.64. The lowest BCUT2D eigenvalue weighted by atomic mass is 9.53. The van der Waals surface area contributed by atoms with Crippen LogP contribution in [0.1, 0.15) is 42.4 Å². The molecular weight excluding hydrogens is 326 g/mol. The molecule has 138 valence electrons. The third kappa shape index (κ3) is 1.82. The molecule has 3 aliphatic carbocycles. The van der Waals surface area contributed by atoms with Crippen molar-refractivity contribution in [2.24, 2.45) is 11.8 Å². The van der Waals surface area contributed by atoms with Crippen LogP contribution in [0, 0.1) is 11.8 Å². The van der Waals surface area contributed by atoms with Crippen molar-refractivity contribution in [3.05, 3.63) is 40.7 Å². The van der Waals surface area contributed by atoms with E-state index in [9.17, 15) is 5.11 Å². The Kier molecular flexibility index (Phi) is 3.14. The van der Waals surface area contributed by atoms with Gasteiger partial charge in [0.05, 0.1) is 13.7 Å². The Hall–Kier alpha value is -1.52. The minimum atomic E-state index is -0.0152. The summed E-state index contributed by atoms with van der Waals surface area (Å²) in [5.41, 5.74) is 3.82. The quantitative estimate of drug-likeness (QED) is 0.904. The number of nitrogens with zero attached hydrogens (tertiary/aromatic N) is 1. The van der Waals surface area contributed by atoms with Gasteiger partial charge in [0.2, 0.25) is 0 Å². The van der Waals surface area contributed by atoms with Gasteiger partial charge in [-0.25, -0.2) is 0 Å². The SMILES string of the molecule is COC1=CCC2C3Cc4ccc(CO)c5c4[C@@]2(CCN3CC2CC2)C1O5. The second-order valence-electron chi connectivity index (χ2n) is 8.90. The Balaban J connectivity index is 1.53. The number of methoxy groups -OCH3 is 1. The van der Waals surface area contributed by atoms with E-state index in [2.05, 4.69) is 23.1 Å². The second-order valence-corrected chi connectivity index (χ2v) is 8.90. The Morgan fingerprint density at radius 3 is 3.00 bits per heavy atom. The van der Waals surface area contributed by atoms with Crippen molar-refractivity contribution in [2.45, 2.75) is 56.3 Å².